The minimum absolute atomic E-state index is 0.406. The third kappa shape index (κ3) is 4.57. The van der Waals surface area contributed by atoms with E-state index in [0.717, 1.165) is 71.9 Å². The van der Waals surface area contributed by atoms with Crippen LogP contribution in [0.5, 0.6) is 17.2 Å². The normalized spacial score (nSPS) is 16.8. The number of fused-ring (bicyclic) bond motifs is 1. The molecule has 8 nitrogen and oxygen atoms in total. The van der Waals surface area contributed by atoms with E-state index in [1.54, 1.807) is 30.8 Å². The van der Waals surface area contributed by atoms with Crippen molar-refractivity contribution in [3.8, 4) is 17.2 Å². The fourth-order valence-corrected chi connectivity index (χ4v) is 4.62. The van der Waals surface area contributed by atoms with Gasteiger partial charge in [-0.2, -0.15) is 0 Å². The van der Waals surface area contributed by atoms with Gasteiger partial charge in [0, 0.05) is 41.9 Å². The number of ether oxygens (including phenoxy) is 3. The van der Waals surface area contributed by atoms with Crippen LogP contribution >= 0.6 is 11.3 Å². The maximum absolute atomic E-state index is 5.75. The van der Waals surface area contributed by atoms with E-state index >= 15 is 0 Å². The lowest BCUT2D eigenvalue weighted by Crippen LogP contribution is -2.33. The summed E-state index contributed by atoms with van der Waals surface area (Å²) in [7, 11) is 1.70. The SMILES string of the molecule is COc1cc2c(cc1CN1CCC(c3cncc(Nc4nccs4)n3)CC1)OCCO2. The monoisotopic (exact) mass is 439 g/mol. The molecule has 1 saturated heterocycles. The Hall–Kier alpha value is -2.91. The molecule has 2 aromatic heterocycles. The molecule has 1 aromatic carbocycles. The number of nitrogens with one attached hydrogen (secondary N) is 1. The van der Waals surface area contributed by atoms with Gasteiger partial charge in [-0.3, -0.25) is 9.88 Å². The maximum Gasteiger partial charge on any atom is 0.188 e. The van der Waals surface area contributed by atoms with E-state index in [9.17, 15) is 0 Å². The van der Waals surface area contributed by atoms with Crippen molar-refractivity contribution in [2.75, 3.05) is 38.7 Å². The lowest BCUT2D eigenvalue weighted by Gasteiger charge is -2.32. The summed E-state index contributed by atoms with van der Waals surface area (Å²) in [5.74, 6) is 3.56. The molecule has 31 heavy (non-hydrogen) atoms. The lowest BCUT2D eigenvalue weighted by molar-refractivity contribution is 0.169. The summed E-state index contributed by atoms with van der Waals surface area (Å²) < 4.78 is 17.0. The van der Waals surface area contributed by atoms with Gasteiger partial charge in [-0.1, -0.05) is 0 Å². The Morgan fingerprint density at radius 1 is 1.16 bits per heavy atom. The Kier molecular flexibility index (Phi) is 5.86. The van der Waals surface area contributed by atoms with Gasteiger partial charge in [-0.05, 0) is 32.0 Å². The van der Waals surface area contributed by atoms with Crippen molar-refractivity contribution in [1.82, 2.24) is 19.9 Å². The van der Waals surface area contributed by atoms with Crippen LogP contribution in [-0.4, -0.2) is 53.3 Å². The Labute approximate surface area is 185 Å². The van der Waals surface area contributed by atoms with Crippen molar-refractivity contribution >= 4 is 22.3 Å². The number of anilines is 2. The molecular weight excluding hydrogens is 414 g/mol. The average molecular weight is 440 g/mol. The Balaban J connectivity index is 1.22. The molecule has 0 radical (unpaired) electrons. The molecule has 0 atom stereocenters. The van der Waals surface area contributed by atoms with E-state index in [1.165, 1.54) is 0 Å². The molecule has 2 aliphatic heterocycles. The van der Waals surface area contributed by atoms with Crippen LogP contribution in [0.25, 0.3) is 0 Å². The second kappa shape index (κ2) is 9.07. The fourth-order valence-electron chi connectivity index (χ4n) is 4.09. The van der Waals surface area contributed by atoms with E-state index < -0.39 is 0 Å². The molecule has 5 rings (SSSR count). The first-order valence-corrected chi connectivity index (χ1v) is 11.3. The number of hydrogen-bond donors (Lipinski definition) is 1. The quantitative estimate of drug-likeness (QED) is 0.621. The average Bonchev–Trinajstić information content (AvgIpc) is 3.32. The molecular formula is C22H25N5O3S. The zero-order chi connectivity index (χ0) is 21.0. The van der Waals surface area contributed by atoms with Gasteiger partial charge in [0.2, 0.25) is 0 Å². The topological polar surface area (TPSA) is 81.6 Å². The third-order valence-electron chi connectivity index (χ3n) is 5.67. The van der Waals surface area contributed by atoms with Gasteiger partial charge in [-0.15, -0.1) is 11.3 Å². The summed E-state index contributed by atoms with van der Waals surface area (Å²) in [6.07, 6.45) is 7.49. The zero-order valence-electron chi connectivity index (χ0n) is 17.4. The molecule has 9 heteroatoms. The molecule has 4 heterocycles. The van der Waals surface area contributed by atoms with Crippen molar-refractivity contribution in [2.45, 2.75) is 25.3 Å². The van der Waals surface area contributed by atoms with Gasteiger partial charge in [-0.25, -0.2) is 9.97 Å². The maximum atomic E-state index is 5.75. The molecule has 0 saturated carbocycles. The molecule has 0 spiro atoms. The first kappa shape index (κ1) is 20.0. The highest BCUT2D eigenvalue weighted by Crippen LogP contribution is 2.38. The van der Waals surface area contributed by atoms with Crippen LogP contribution in [0.15, 0.2) is 36.1 Å². The summed E-state index contributed by atoms with van der Waals surface area (Å²) in [5.41, 5.74) is 2.16. The molecule has 1 fully saturated rings. The molecule has 2 aliphatic rings. The fraction of sp³-hybridized carbons (Fsp3) is 0.409. The van der Waals surface area contributed by atoms with Crippen LogP contribution in [0.2, 0.25) is 0 Å². The Morgan fingerprint density at radius 2 is 1.97 bits per heavy atom. The van der Waals surface area contributed by atoms with Crippen LogP contribution < -0.4 is 19.5 Å². The van der Waals surface area contributed by atoms with Crippen molar-refractivity contribution in [1.29, 1.82) is 0 Å². The number of benzene rings is 1. The van der Waals surface area contributed by atoms with Crippen molar-refractivity contribution in [3.05, 3.63) is 47.4 Å². The molecule has 0 amide bonds. The second-order valence-electron chi connectivity index (χ2n) is 7.65. The van der Waals surface area contributed by atoms with E-state index in [4.69, 9.17) is 19.2 Å². The Bertz CT molecular complexity index is 1020. The number of methoxy groups -OCH3 is 1. The molecule has 0 bridgehead atoms. The highest BCUT2D eigenvalue weighted by atomic mass is 32.1. The first-order chi connectivity index (χ1) is 15.3. The van der Waals surface area contributed by atoms with Crippen molar-refractivity contribution in [2.24, 2.45) is 0 Å². The van der Waals surface area contributed by atoms with Crippen LogP contribution in [0.4, 0.5) is 10.9 Å². The third-order valence-corrected chi connectivity index (χ3v) is 6.35. The van der Waals surface area contributed by atoms with Crippen LogP contribution in [0.1, 0.15) is 30.0 Å². The van der Waals surface area contributed by atoms with Crippen LogP contribution in [0.3, 0.4) is 0 Å². The van der Waals surface area contributed by atoms with Gasteiger partial charge in [0.15, 0.2) is 22.4 Å². The predicted octanol–water partition coefficient (Wildman–Crippen LogP) is 3.84. The number of thiazole rings is 1. The van der Waals surface area contributed by atoms with Crippen molar-refractivity contribution in [3.63, 3.8) is 0 Å². The summed E-state index contributed by atoms with van der Waals surface area (Å²) >= 11 is 1.55. The number of aromatic nitrogens is 3. The van der Waals surface area contributed by atoms with Gasteiger partial charge in [0.1, 0.15) is 19.0 Å². The molecule has 0 aliphatic carbocycles. The van der Waals surface area contributed by atoms with E-state index in [1.807, 2.05) is 17.6 Å². The molecule has 3 aromatic rings. The largest absolute Gasteiger partial charge is 0.496 e. The minimum Gasteiger partial charge on any atom is -0.496 e. The second-order valence-corrected chi connectivity index (χ2v) is 8.54. The van der Waals surface area contributed by atoms with E-state index in [-0.39, 0.29) is 0 Å². The van der Waals surface area contributed by atoms with Crippen LogP contribution in [-0.2, 0) is 6.54 Å². The predicted molar refractivity (Wildman–Crippen MR) is 119 cm³/mol. The molecule has 162 valence electrons. The number of nitrogens with zero attached hydrogens (tertiary/aromatic N) is 4. The molecule has 0 unspecified atom stereocenters. The summed E-state index contributed by atoms with van der Waals surface area (Å²) in [5, 5.41) is 5.99. The molecule has 1 N–H and O–H groups in total. The first-order valence-electron chi connectivity index (χ1n) is 10.5. The lowest BCUT2D eigenvalue weighted by atomic mass is 9.93. The number of rotatable bonds is 6. The van der Waals surface area contributed by atoms with Gasteiger partial charge in [0.05, 0.1) is 19.0 Å². The summed E-state index contributed by atoms with van der Waals surface area (Å²) in [4.78, 5) is 15.9. The number of piperidine rings is 1. The highest BCUT2D eigenvalue weighted by molar-refractivity contribution is 7.13. The summed E-state index contributed by atoms with van der Waals surface area (Å²) in [6, 6.07) is 3.99. The smallest absolute Gasteiger partial charge is 0.188 e. The van der Waals surface area contributed by atoms with Gasteiger partial charge < -0.3 is 19.5 Å². The van der Waals surface area contributed by atoms with Crippen LogP contribution in [0, 0.1) is 0 Å². The number of hydrogen-bond acceptors (Lipinski definition) is 9. The summed E-state index contributed by atoms with van der Waals surface area (Å²) in [6.45, 7) is 3.97. The zero-order valence-corrected chi connectivity index (χ0v) is 18.2. The standard InChI is InChI=1S/C22H25N5O3S/c1-28-18-11-20-19(29-7-8-30-20)10-16(18)14-27-5-2-15(3-6-27)17-12-23-13-21(25-17)26-22-24-4-9-31-22/h4,9-13,15H,2-3,5-8,14H2,1H3,(H,24,25,26). The van der Waals surface area contributed by atoms with Gasteiger partial charge in [0.25, 0.3) is 0 Å². The van der Waals surface area contributed by atoms with Gasteiger partial charge >= 0.3 is 0 Å². The van der Waals surface area contributed by atoms with Crippen molar-refractivity contribution < 1.29 is 14.2 Å². The number of likely N-dealkylation sites (tertiary alicyclic amines) is 1. The minimum atomic E-state index is 0.406. The van der Waals surface area contributed by atoms with E-state index in [2.05, 4.69) is 26.3 Å². The highest BCUT2D eigenvalue weighted by Gasteiger charge is 2.24. The van der Waals surface area contributed by atoms with E-state index in [0.29, 0.717) is 19.1 Å². The Morgan fingerprint density at radius 3 is 2.71 bits per heavy atom.